The molecule has 0 unspecified atom stereocenters. The molecule has 0 heterocycles. The number of nitrogens with one attached hydrogen (secondary N) is 1. The smallest absolute Gasteiger partial charge is 0.266 e. The number of methoxy groups -OCH3 is 2. The van der Waals surface area contributed by atoms with Crippen LogP contribution in [0.5, 0.6) is 11.5 Å². The molecule has 0 bridgehead atoms. The molecule has 0 aliphatic carbocycles. The van der Waals surface area contributed by atoms with Gasteiger partial charge >= 0.3 is 0 Å². The minimum Gasteiger partial charge on any atom is -0.495 e. The summed E-state index contributed by atoms with van der Waals surface area (Å²) in [5.41, 5.74) is 1.28. The fourth-order valence-corrected chi connectivity index (χ4v) is 2.36. The minimum atomic E-state index is -0.649. The van der Waals surface area contributed by atoms with Gasteiger partial charge in [-0.2, -0.15) is 5.26 Å². The Labute approximate surface area is 155 Å². The highest BCUT2D eigenvalue weighted by atomic mass is 35.5. The lowest BCUT2D eigenvalue weighted by Gasteiger charge is -2.12. The summed E-state index contributed by atoms with van der Waals surface area (Å²) in [6.45, 7) is 1.78. The molecule has 0 saturated carbocycles. The third-order valence-corrected chi connectivity index (χ3v) is 3.99. The summed E-state index contributed by atoms with van der Waals surface area (Å²) >= 11 is 6.04. The summed E-state index contributed by atoms with van der Waals surface area (Å²) in [5, 5.41) is 12.4. The highest BCUT2D eigenvalue weighted by Crippen LogP contribution is 2.31. The lowest BCUT2D eigenvalue weighted by molar-refractivity contribution is -0.112. The number of hydrogen-bond donors (Lipinski definition) is 1. The SMILES string of the molecule is COc1ccc(/C=C(\C#N)C(=O)Nc2cc(C)c(Cl)cc2OC)cc1F. The molecule has 134 valence electrons. The Morgan fingerprint density at radius 2 is 1.92 bits per heavy atom. The molecular formula is C19H16ClFN2O3. The number of carbonyl (C=O) groups excluding carboxylic acids is 1. The van der Waals surface area contributed by atoms with E-state index in [1.807, 2.05) is 6.07 Å². The Bertz CT molecular complexity index is 920. The fourth-order valence-electron chi connectivity index (χ4n) is 2.21. The second-order valence-electron chi connectivity index (χ2n) is 5.32. The van der Waals surface area contributed by atoms with Crippen LogP contribution < -0.4 is 14.8 Å². The van der Waals surface area contributed by atoms with Crippen LogP contribution in [0.25, 0.3) is 6.08 Å². The predicted octanol–water partition coefficient (Wildman–Crippen LogP) is 4.35. The molecular weight excluding hydrogens is 359 g/mol. The van der Waals surface area contributed by atoms with Gasteiger partial charge < -0.3 is 14.8 Å². The van der Waals surface area contributed by atoms with E-state index >= 15 is 0 Å². The molecule has 1 amide bonds. The average molecular weight is 375 g/mol. The number of halogens is 2. The molecule has 2 aromatic carbocycles. The van der Waals surface area contributed by atoms with Crippen LogP contribution in [-0.2, 0) is 4.79 Å². The second kappa shape index (κ2) is 8.37. The number of amides is 1. The third-order valence-electron chi connectivity index (χ3n) is 3.58. The number of nitriles is 1. The van der Waals surface area contributed by atoms with Crippen LogP contribution in [0.15, 0.2) is 35.9 Å². The van der Waals surface area contributed by atoms with Gasteiger partial charge in [-0.15, -0.1) is 0 Å². The van der Waals surface area contributed by atoms with Crippen molar-refractivity contribution in [1.82, 2.24) is 0 Å². The van der Waals surface area contributed by atoms with E-state index in [-0.39, 0.29) is 11.3 Å². The van der Waals surface area contributed by atoms with Crippen molar-refractivity contribution in [2.24, 2.45) is 0 Å². The molecule has 26 heavy (non-hydrogen) atoms. The molecule has 0 radical (unpaired) electrons. The lowest BCUT2D eigenvalue weighted by Crippen LogP contribution is -2.14. The van der Waals surface area contributed by atoms with Crippen LogP contribution in [0.1, 0.15) is 11.1 Å². The maximum atomic E-state index is 13.8. The maximum Gasteiger partial charge on any atom is 0.266 e. The molecule has 0 fully saturated rings. The zero-order chi connectivity index (χ0) is 19.3. The molecule has 0 atom stereocenters. The molecule has 0 saturated heterocycles. The van der Waals surface area contributed by atoms with Gasteiger partial charge in [-0.3, -0.25) is 4.79 Å². The van der Waals surface area contributed by atoms with Crippen LogP contribution in [-0.4, -0.2) is 20.1 Å². The van der Waals surface area contributed by atoms with Gasteiger partial charge in [-0.1, -0.05) is 17.7 Å². The highest BCUT2D eigenvalue weighted by molar-refractivity contribution is 6.31. The lowest BCUT2D eigenvalue weighted by atomic mass is 10.1. The second-order valence-corrected chi connectivity index (χ2v) is 5.73. The van der Waals surface area contributed by atoms with E-state index in [4.69, 9.17) is 21.1 Å². The number of aryl methyl sites for hydroxylation is 1. The van der Waals surface area contributed by atoms with Gasteiger partial charge in [0.15, 0.2) is 11.6 Å². The fraction of sp³-hybridized carbons (Fsp3) is 0.158. The molecule has 0 aromatic heterocycles. The first-order chi connectivity index (χ1) is 12.4. The van der Waals surface area contributed by atoms with Gasteiger partial charge in [-0.25, -0.2) is 4.39 Å². The number of hydrogen-bond acceptors (Lipinski definition) is 4. The summed E-state index contributed by atoms with van der Waals surface area (Å²) in [7, 11) is 2.79. The van der Waals surface area contributed by atoms with Crippen molar-refractivity contribution in [2.45, 2.75) is 6.92 Å². The van der Waals surface area contributed by atoms with Crippen LogP contribution >= 0.6 is 11.6 Å². The first-order valence-corrected chi connectivity index (χ1v) is 7.88. The number of anilines is 1. The zero-order valence-electron chi connectivity index (χ0n) is 14.4. The molecule has 0 aliphatic rings. The molecule has 2 rings (SSSR count). The van der Waals surface area contributed by atoms with E-state index in [2.05, 4.69) is 5.32 Å². The first-order valence-electron chi connectivity index (χ1n) is 7.50. The van der Waals surface area contributed by atoms with Crippen LogP contribution in [0.4, 0.5) is 10.1 Å². The molecule has 0 aliphatic heterocycles. The van der Waals surface area contributed by atoms with Crippen molar-refractivity contribution in [3.8, 4) is 17.6 Å². The Morgan fingerprint density at radius 1 is 1.23 bits per heavy atom. The zero-order valence-corrected chi connectivity index (χ0v) is 15.1. The Morgan fingerprint density at radius 3 is 2.50 bits per heavy atom. The number of rotatable bonds is 5. The van der Waals surface area contributed by atoms with Crippen molar-refractivity contribution in [3.05, 3.63) is 57.9 Å². The Balaban J connectivity index is 2.31. The van der Waals surface area contributed by atoms with Crippen LogP contribution in [0.2, 0.25) is 5.02 Å². The maximum absolute atomic E-state index is 13.8. The van der Waals surface area contributed by atoms with E-state index in [9.17, 15) is 14.4 Å². The Kier molecular flexibility index (Phi) is 6.21. The number of ether oxygens (including phenoxy) is 2. The van der Waals surface area contributed by atoms with E-state index in [1.165, 1.54) is 32.4 Å². The molecule has 2 aromatic rings. The van der Waals surface area contributed by atoms with Crippen LogP contribution in [0, 0.1) is 24.1 Å². The summed E-state index contributed by atoms with van der Waals surface area (Å²) < 4.78 is 23.8. The third kappa shape index (κ3) is 4.32. The molecule has 0 spiro atoms. The first kappa shape index (κ1) is 19.3. The quantitative estimate of drug-likeness (QED) is 0.623. The van der Waals surface area contributed by atoms with Gasteiger partial charge in [0, 0.05) is 11.1 Å². The van der Waals surface area contributed by atoms with Crippen molar-refractivity contribution >= 4 is 29.3 Å². The van der Waals surface area contributed by atoms with Crippen LogP contribution in [0.3, 0.4) is 0 Å². The van der Waals surface area contributed by atoms with Crippen molar-refractivity contribution in [1.29, 1.82) is 5.26 Å². The van der Waals surface area contributed by atoms with E-state index in [0.29, 0.717) is 22.0 Å². The molecule has 1 N–H and O–H groups in total. The van der Waals surface area contributed by atoms with E-state index in [1.54, 1.807) is 25.1 Å². The predicted molar refractivity (Wildman–Crippen MR) is 97.9 cm³/mol. The summed E-state index contributed by atoms with van der Waals surface area (Å²) in [6.07, 6.45) is 1.28. The summed E-state index contributed by atoms with van der Waals surface area (Å²) in [6, 6.07) is 9.16. The van der Waals surface area contributed by atoms with Gasteiger partial charge in [0.25, 0.3) is 5.91 Å². The molecule has 5 nitrogen and oxygen atoms in total. The number of benzene rings is 2. The topological polar surface area (TPSA) is 71.3 Å². The van der Waals surface area contributed by atoms with Crippen molar-refractivity contribution < 1.29 is 18.7 Å². The van der Waals surface area contributed by atoms with Crippen molar-refractivity contribution in [3.63, 3.8) is 0 Å². The molecule has 7 heteroatoms. The largest absolute Gasteiger partial charge is 0.495 e. The average Bonchev–Trinajstić information content (AvgIpc) is 2.62. The summed E-state index contributed by atoms with van der Waals surface area (Å²) in [4.78, 5) is 12.4. The van der Waals surface area contributed by atoms with E-state index < -0.39 is 11.7 Å². The highest BCUT2D eigenvalue weighted by Gasteiger charge is 2.14. The number of carbonyl (C=O) groups is 1. The Hall–Kier alpha value is -3.04. The summed E-state index contributed by atoms with van der Waals surface area (Å²) in [5.74, 6) is -0.800. The van der Waals surface area contributed by atoms with Crippen molar-refractivity contribution in [2.75, 3.05) is 19.5 Å². The standard InChI is InChI=1S/C19H16ClFN2O3/c1-11-6-16(18(26-3)9-14(11)20)23-19(24)13(10-22)7-12-4-5-17(25-2)15(21)8-12/h4-9H,1-3H3,(H,23,24)/b13-7+. The van der Waals surface area contributed by atoms with Gasteiger partial charge in [-0.05, 0) is 42.3 Å². The monoisotopic (exact) mass is 374 g/mol. The normalized spacial score (nSPS) is 10.8. The van der Waals surface area contributed by atoms with Gasteiger partial charge in [0.05, 0.1) is 19.9 Å². The van der Waals surface area contributed by atoms with Gasteiger partial charge in [0.2, 0.25) is 0 Å². The minimum absolute atomic E-state index is 0.0754. The van der Waals surface area contributed by atoms with E-state index in [0.717, 1.165) is 5.56 Å². The number of nitrogens with zero attached hydrogens (tertiary/aromatic N) is 1. The van der Waals surface area contributed by atoms with Gasteiger partial charge in [0.1, 0.15) is 17.4 Å².